The van der Waals surface area contributed by atoms with E-state index in [-0.39, 0.29) is 5.92 Å². The predicted molar refractivity (Wildman–Crippen MR) is 77.3 cm³/mol. The Kier molecular flexibility index (Phi) is 3.39. The van der Waals surface area contributed by atoms with E-state index in [0.29, 0.717) is 17.8 Å². The molecule has 3 aliphatic carbocycles. The average molecular weight is 280 g/mol. The molecule has 2 N–H and O–H groups in total. The van der Waals surface area contributed by atoms with Gasteiger partial charge in [0.05, 0.1) is 11.5 Å². The van der Waals surface area contributed by atoms with Crippen molar-refractivity contribution in [3.8, 4) is 0 Å². The lowest BCUT2D eigenvalue weighted by atomic mass is 9.46. The van der Waals surface area contributed by atoms with Gasteiger partial charge in [0.2, 0.25) is 0 Å². The van der Waals surface area contributed by atoms with Gasteiger partial charge in [0.1, 0.15) is 0 Å². The third-order valence-corrected chi connectivity index (χ3v) is 6.99. The van der Waals surface area contributed by atoms with Crippen LogP contribution in [-0.4, -0.2) is 21.8 Å². The zero-order valence-electron chi connectivity index (χ0n) is 12.8. The highest BCUT2D eigenvalue weighted by Crippen LogP contribution is 2.61. The molecule has 0 radical (unpaired) electrons. The third-order valence-electron chi connectivity index (χ3n) is 6.99. The fourth-order valence-electron chi connectivity index (χ4n) is 5.93. The van der Waals surface area contributed by atoms with Gasteiger partial charge in [-0.05, 0) is 68.6 Å². The molecule has 0 heterocycles. The van der Waals surface area contributed by atoms with Crippen LogP contribution in [0.3, 0.4) is 0 Å². The van der Waals surface area contributed by atoms with Crippen LogP contribution in [-0.2, 0) is 4.79 Å². The lowest BCUT2D eigenvalue weighted by molar-refractivity contribution is -0.179. The third kappa shape index (κ3) is 2.01. The topological polar surface area (TPSA) is 57.5 Å². The van der Waals surface area contributed by atoms with Gasteiger partial charge < -0.3 is 10.2 Å². The van der Waals surface area contributed by atoms with E-state index in [1.807, 2.05) is 0 Å². The second kappa shape index (κ2) is 4.72. The molecule has 3 aliphatic rings. The molecule has 4 unspecified atom stereocenters. The van der Waals surface area contributed by atoms with Crippen molar-refractivity contribution in [2.75, 3.05) is 0 Å². The van der Waals surface area contributed by atoms with Gasteiger partial charge in [0, 0.05) is 0 Å². The van der Waals surface area contributed by atoms with E-state index >= 15 is 0 Å². The number of hydrogen-bond acceptors (Lipinski definition) is 2. The molecule has 6 atom stereocenters. The molecule has 0 bridgehead atoms. The smallest absolute Gasteiger partial charge is 0.309 e. The minimum Gasteiger partial charge on any atom is -0.481 e. The average Bonchev–Trinajstić information content (AvgIpc) is 2.36. The monoisotopic (exact) mass is 280 g/mol. The van der Waals surface area contributed by atoms with E-state index in [1.54, 1.807) is 6.92 Å². The molecular weight excluding hydrogens is 252 g/mol. The van der Waals surface area contributed by atoms with E-state index in [2.05, 4.69) is 6.92 Å². The number of fused-ring (bicyclic) bond motifs is 3. The van der Waals surface area contributed by atoms with E-state index in [1.165, 1.54) is 25.7 Å². The van der Waals surface area contributed by atoms with E-state index < -0.39 is 17.5 Å². The summed E-state index contributed by atoms with van der Waals surface area (Å²) in [5, 5.41) is 20.2. The second-order valence-electron chi connectivity index (χ2n) is 8.01. The number of aliphatic carboxylic acids is 1. The first-order valence-electron chi connectivity index (χ1n) is 8.31. The highest BCUT2D eigenvalue weighted by Gasteiger charge is 2.57. The normalized spacial score (nSPS) is 52.0. The molecule has 0 aliphatic heterocycles. The summed E-state index contributed by atoms with van der Waals surface area (Å²) in [6.45, 7) is 4.14. The minimum atomic E-state index is -1.02. The first-order chi connectivity index (χ1) is 9.36. The number of rotatable bonds is 1. The molecule has 20 heavy (non-hydrogen) atoms. The Hall–Kier alpha value is -0.570. The zero-order valence-corrected chi connectivity index (χ0v) is 12.8. The van der Waals surface area contributed by atoms with Gasteiger partial charge in [-0.2, -0.15) is 0 Å². The van der Waals surface area contributed by atoms with Gasteiger partial charge in [-0.1, -0.05) is 19.8 Å². The van der Waals surface area contributed by atoms with Crippen molar-refractivity contribution < 1.29 is 15.0 Å². The van der Waals surface area contributed by atoms with Crippen LogP contribution in [0.2, 0.25) is 0 Å². The van der Waals surface area contributed by atoms with Crippen LogP contribution in [0.15, 0.2) is 0 Å². The van der Waals surface area contributed by atoms with Gasteiger partial charge >= 0.3 is 5.97 Å². The molecule has 0 spiro atoms. The summed E-state index contributed by atoms with van der Waals surface area (Å²) >= 11 is 0. The molecule has 3 saturated carbocycles. The van der Waals surface area contributed by atoms with Crippen molar-refractivity contribution >= 4 is 5.97 Å². The molecular formula is C17H28O3. The van der Waals surface area contributed by atoms with Crippen LogP contribution in [0.25, 0.3) is 0 Å². The maximum atomic E-state index is 11.7. The van der Waals surface area contributed by atoms with Crippen molar-refractivity contribution in [1.29, 1.82) is 0 Å². The van der Waals surface area contributed by atoms with E-state index in [4.69, 9.17) is 0 Å². The summed E-state index contributed by atoms with van der Waals surface area (Å²) < 4.78 is 0. The van der Waals surface area contributed by atoms with Crippen LogP contribution in [0.4, 0.5) is 0 Å². The maximum absolute atomic E-state index is 11.7. The van der Waals surface area contributed by atoms with E-state index in [0.717, 1.165) is 25.2 Å². The Morgan fingerprint density at radius 1 is 1.05 bits per heavy atom. The quantitative estimate of drug-likeness (QED) is 0.773. The molecule has 3 fully saturated rings. The summed E-state index contributed by atoms with van der Waals surface area (Å²) in [7, 11) is 0. The summed E-state index contributed by atoms with van der Waals surface area (Å²) in [6.07, 6.45) is 9.04. The highest BCUT2D eigenvalue weighted by molar-refractivity contribution is 5.72. The van der Waals surface area contributed by atoms with Crippen LogP contribution in [0, 0.1) is 29.1 Å². The Labute approximate surface area is 121 Å². The summed E-state index contributed by atoms with van der Waals surface area (Å²) in [5.74, 6) is 0.108. The fourth-order valence-corrected chi connectivity index (χ4v) is 5.93. The number of aliphatic hydroxyl groups is 1. The second-order valence-corrected chi connectivity index (χ2v) is 8.01. The van der Waals surface area contributed by atoms with Crippen LogP contribution in [0.1, 0.15) is 65.2 Å². The van der Waals surface area contributed by atoms with Gasteiger partial charge in [-0.25, -0.2) is 0 Å². The SMILES string of the molecule is C[C@]12CCCCC1CCC1C2CC[C@](C)(O)C1C(=O)O. The number of hydrogen-bond donors (Lipinski definition) is 2. The van der Waals surface area contributed by atoms with Crippen molar-refractivity contribution in [3.05, 3.63) is 0 Å². The highest BCUT2D eigenvalue weighted by atomic mass is 16.4. The largest absolute Gasteiger partial charge is 0.481 e. The van der Waals surface area contributed by atoms with Crippen molar-refractivity contribution in [2.45, 2.75) is 70.8 Å². The number of carboxylic acids is 1. The van der Waals surface area contributed by atoms with Crippen molar-refractivity contribution in [1.82, 2.24) is 0 Å². The van der Waals surface area contributed by atoms with Gasteiger partial charge in [0.25, 0.3) is 0 Å². The standard InChI is InChI=1S/C17H28O3/c1-16-9-4-3-5-11(16)6-7-12-13(16)8-10-17(2,20)14(12)15(18)19/h11-14,20H,3-10H2,1-2H3,(H,18,19)/t11?,12?,13?,14?,16-,17-/m0/s1. The first-order valence-corrected chi connectivity index (χ1v) is 8.31. The van der Waals surface area contributed by atoms with E-state index in [9.17, 15) is 15.0 Å². The minimum absolute atomic E-state index is 0.176. The molecule has 3 nitrogen and oxygen atoms in total. The Morgan fingerprint density at radius 3 is 2.50 bits per heavy atom. The molecule has 3 heteroatoms. The molecule has 0 aromatic carbocycles. The van der Waals surface area contributed by atoms with Crippen LogP contribution >= 0.6 is 0 Å². The van der Waals surface area contributed by atoms with Crippen molar-refractivity contribution in [2.24, 2.45) is 29.1 Å². The first kappa shape index (κ1) is 14.4. The predicted octanol–water partition coefficient (Wildman–Crippen LogP) is 3.45. The lowest BCUT2D eigenvalue weighted by Gasteiger charge is -2.59. The summed E-state index contributed by atoms with van der Waals surface area (Å²) in [4.78, 5) is 11.7. The molecule has 0 aromatic heterocycles. The number of carboxylic acid groups (broad SMARTS) is 1. The molecule has 0 aromatic rings. The molecule has 0 saturated heterocycles. The molecule has 3 rings (SSSR count). The van der Waals surface area contributed by atoms with Gasteiger partial charge in [0.15, 0.2) is 0 Å². The summed E-state index contributed by atoms with van der Waals surface area (Å²) in [5.41, 5.74) is -0.698. The molecule has 0 amide bonds. The fraction of sp³-hybridized carbons (Fsp3) is 0.941. The van der Waals surface area contributed by atoms with Crippen LogP contribution < -0.4 is 0 Å². The molecule has 114 valence electrons. The lowest BCUT2D eigenvalue weighted by Crippen LogP contribution is -2.57. The maximum Gasteiger partial charge on any atom is 0.309 e. The Balaban J connectivity index is 1.92. The van der Waals surface area contributed by atoms with Crippen molar-refractivity contribution in [3.63, 3.8) is 0 Å². The zero-order chi connectivity index (χ0) is 14.5. The van der Waals surface area contributed by atoms with Gasteiger partial charge in [-0.3, -0.25) is 4.79 Å². The Morgan fingerprint density at radius 2 is 1.80 bits per heavy atom. The van der Waals surface area contributed by atoms with Crippen LogP contribution in [0.5, 0.6) is 0 Å². The Bertz CT molecular complexity index is 403. The van der Waals surface area contributed by atoms with Gasteiger partial charge in [-0.15, -0.1) is 0 Å². The summed E-state index contributed by atoms with van der Waals surface area (Å²) in [6, 6.07) is 0. The number of carbonyl (C=O) groups is 1.